The Kier molecular flexibility index (Phi) is 6.36. The molecule has 0 radical (unpaired) electrons. The highest BCUT2D eigenvalue weighted by molar-refractivity contribution is 7.94. The lowest BCUT2D eigenvalue weighted by molar-refractivity contribution is 0.229. The number of sulfone groups is 1. The smallest absolute Gasteiger partial charge is 0.306 e. The van der Waals surface area contributed by atoms with E-state index >= 15 is 0 Å². The van der Waals surface area contributed by atoms with Crippen LogP contribution < -0.4 is 0 Å². The van der Waals surface area contributed by atoms with Crippen LogP contribution in [0.1, 0.15) is 20.8 Å². The minimum atomic E-state index is -3.39. The Bertz CT molecular complexity index is 336. The lowest BCUT2D eigenvalue weighted by Gasteiger charge is -2.12. The maximum Gasteiger partial charge on any atom is 0.354 e. The van der Waals surface area contributed by atoms with Gasteiger partial charge in [0.25, 0.3) is 0 Å². The zero-order valence-electron chi connectivity index (χ0n) is 9.17. The average molecular weight is 256 g/mol. The van der Waals surface area contributed by atoms with Crippen molar-refractivity contribution < 1.29 is 22.0 Å². The fourth-order valence-electron chi connectivity index (χ4n) is 0.747. The van der Waals surface area contributed by atoms with Crippen LogP contribution in [0.15, 0.2) is 11.2 Å². The van der Waals surface area contributed by atoms with Crippen molar-refractivity contribution in [3.8, 4) is 0 Å². The molecule has 0 N–H and O–H groups in total. The van der Waals surface area contributed by atoms with E-state index in [-0.39, 0.29) is 19.0 Å². The summed E-state index contributed by atoms with van der Waals surface area (Å²) < 4.78 is 43.8. The van der Waals surface area contributed by atoms with E-state index in [9.17, 15) is 13.0 Å². The number of hydrogen-bond donors (Lipinski definition) is 0. The molecule has 0 atom stereocenters. The van der Waals surface area contributed by atoms with Crippen molar-refractivity contribution >= 4 is 17.4 Å². The van der Waals surface area contributed by atoms with Gasteiger partial charge in [0.05, 0.1) is 19.0 Å². The zero-order chi connectivity index (χ0) is 11.9. The second-order valence-electron chi connectivity index (χ2n) is 2.61. The molecule has 0 unspecified atom stereocenters. The van der Waals surface area contributed by atoms with Gasteiger partial charge < -0.3 is 9.05 Å². The standard InChI is InChI=1S/C8H17O5PS/c1-4-12-14(9,13-5-2)7-8-15(10,11)6-3/h7-8H,4-6H2,1-3H3/b8-7+. The summed E-state index contributed by atoms with van der Waals surface area (Å²) >= 11 is 0. The lowest BCUT2D eigenvalue weighted by atomic mass is 10.9. The molecule has 0 spiro atoms. The van der Waals surface area contributed by atoms with Gasteiger partial charge in [0.2, 0.25) is 0 Å². The molecule has 0 aromatic heterocycles. The van der Waals surface area contributed by atoms with Gasteiger partial charge >= 0.3 is 7.60 Å². The summed E-state index contributed by atoms with van der Waals surface area (Å²) in [5, 5.41) is 0.888. The average Bonchev–Trinajstić information content (AvgIpc) is 2.16. The summed E-state index contributed by atoms with van der Waals surface area (Å²) in [5.41, 5.74) is 0. The quantitative estimate of drug-likeness (QED) is 0.653. The molecule has 0 bridgehead atoms. The fourth-order valence-corrected chi connectivity index (χ4v) is 3.24. The molecule has 5 nitrogen and oxygen atoms in total. The van der Waals surface area contributed by atoms with Gasteiger partial charge in [0, 0.05) is 11.2 Å². The molecule has 0 saturated heterocycles. The molecule has 7 heteroatoms. The molecule has 0 aromatic rings. The predicted octanol–water partition coefficient (Wildman–Crippen LogP) is 2.16. The maximum absolute atomic E-state index is 11.8. The second-order valence-corrected chi connectivity index (χ2v) is 6.68. The normalized spacial score (nSPS) is 13.5. The summed E-state index contributed by atoms with van der Waals surface area (Å²) in [6.07, 6.45) is 0. The summed E-state index contributed by atoms with van der Waals surface area (Å²) in [4.78, 5) is 0. The van der Waals surface area contributed by atoms with Crippen molar-refractivity contribution in [3.05, 3.63) is 11.2 Å². The van der Waals surface area contributed by atoms with Crippen LogP contribution in [0.2, 0.25) is 0 Å². The van der Waals surface area contributed by atoms with Crippen LogP contribution in [0.3, 0.4) is 0 Å². The molecule has 15 heavy (non-hydrogen) atoms. The molecular weight excluding hydrogens is 239 g/mol. The summed E-state index contributed by atoms with van der Waals surface area (Å²) in [6, 6.07) is 0. The van der Waals surface area contributed by atoms with Gasteiger partial charge in [0.1, 0.15) is 0 Å². The number of rotatable bonds is 7. The van der Waals surface area contributed by atoms with E-state index in [1.165, 1.54) is 6.92 Å². The molecule has 0 aliphatic carbocycles. The highest BCUT2D eigenvalue weighted by atomic mass is 32.2. The minimum absolute atomic E-state index is 0.0399. The summed E-state index contributed by atoms with van der Waals surface area (Å²) in [6.45, 7) is 5.23. The van der Waals surface area contributed by atoms with Gasteiger partial charge in [0.15, 0.2) is 9.84 Å². The molecular formula is C8H17O5PS. The van der Waals surface area contributed by atoms with Crippen molar-refractivity contribution in [3.63, 3.8) is 0 Å². The van der Waals surface area contributed by atoms with Crippen LogP contribution in [0.25, 0.3) is 0 Å². The zero-order valence-corrected chi connectivity index (χ0v) is 10.9. The third-order valence-corrected chi connectivity index (χ3v) is 4.78. The van der Waals surface area contributed by atoms with Crippen LogP contribution >= 0.6 is 7.60 Å². The van der Waals surface area contributed by atoms with Crippen molar-refractivity contribution in [2.75, 3.05) is 19.0 Å². The van der Waals surface area contributed by atoms with Crippen LogP contribution in [0, 0.1) is 0 Å². The highest BCUT2D eigenvalue weighted by Crippen LogP contribution is 2.49. The minimum Gasteiger partial charge on any atom is -0.306 e. The largest absolute Gasteiger partial charge is 0.354 e. The molecule has 0 heterocycles. The monoisotopic (exact) mass is 256 g/mol. The van der Waals surface area contributed by atoms with E-state index in [2.05, 4.69) is 0 Å². The van der Waals surface area contributed by atoms with Gasteiger partial charge in [-0.15, -0.1) is 0 Å². The molecule has 0 fully saturated rings. The Morgan fingerprint density at radius 3 is 1.93 bits per heavy atom. The second kappa shape index (κ2) is 6.43. The first kappa shape index (κ1) is 14.8. The summed E-state index contributed by atoms with van der Waals surface area (Å²) in [5.74, 6) is 0.959. The molecule has 0 saturated carbocycles. The van der Waals surface area contributed by atoms with Crippen LogP contribution in [0.5, 0.6) is 0 Å². The summed E-state index contributed by atoms with van der Waals surface area (Å²) in [7, 11) is -6.69. The molecule has 0 aliphatic heterocycles. The van der Waals surface area contributed by atoms with Gasteiger partial charge in [-0.1, -0.05) is 6.92 Å². The van der Waals surface area contributed by atoms with Gasteiger partial charge in [-0.25, -0.2) is 8.42 Å². The Morgan fingerprint density at radius 1 is 1.13 bits per heavy atom. The molecule has 0 amide bonds. The molecule has 0 rings (SSSR count). The fraction of sp³-hybridized carbons (Fsp3) is 0.750. The Balaban J connectivity index is 4.76. The van der Waals surface area contributed by atoms with E-state index in [1.54, 1.807) is 13.8 Å². The van der Waals surface area contributed by atoms with E-state index in [4.69, 9.17) is 9.05 Å². The highest BCUT2D eigenvalue weighted by Gasteiger charge is 2.20. The molecule has 0 aromatic carbocycles. The molecule has 90 valence electrons. The maximum atomic E-state index is 11.8. The predicted molar refractivity (Wildman–Crippen MR) is 59.5 cm³/mol. The third kappa shape index (κ3) is 6.10. The van der Waals surface area contributed by atoms with Gasteiger partial charge in [-0.05, 0) is 13.8 Å². The van der Waals surface area contributed by atoms with E-state index in [1.807, 2.05) is 0 Å². The first-order chi connectivity index (χ1) is 6.89. The van der Waals surface area contributed by atoms with E-state index in [0.29, 0.717) is 0 Å². The van der Waals surface area contributed by atoms with Crippen LogP contribution in [-0.2, 0) is 23.4 Å². The topological polar surface area (TPSA) is 69.7 Å². The Morgan fingerprint density at radius 2 is 1.60 bits per heavy atom. The van der Waals surface area contributed by atoms with Crippen LogP contribution in [-0.4, -0.2) is 27.4 Å². The Labute approximate surface area is 90.9 Å². The first-order valence-electron chi connectivity index (χ1n) is 4.70. The SMILES string of the molecule is CCOP(=O)(/C=C/S(=O)(=O)CC)OCC. The number of hydrogen-bond acceptors (Lipinski definition) is 5. The first-order valence-corrected chi connectivity index (χ1v) is 8.02. The van der Waals surface area contributed by atoms with Gasteiger partial charge in [-0.2, -0.15) is 0 Å². The van der Waals surface area contributed by atoms with Crippen LogP contribution in [0.4, 0.5) is 0 Å². The van der Waals surface area contributed by atoms with E-state index in [0.717, 1.165) is 11.2 Å². The van der Waals surface area contributed by atoms with E-state index < -0.39 is 17.4 Å². The Hall–Kier alpha value is -0.160. The van der Waals surface area contributed by atoms with Crippen molar-refractivity contribution in [2.45, 2.75) is 20.8 Å². The van der Waals surface area contributed by atoms with Gasteiger partial charge in [-0.3, -0.25) is 4.57 Å². The van der Waals surface area contributed by atoms with Crippen molar-refractivity contribution in [1.29, 1.82) is 0 Å². The third-order valence-electron chi connectivity index (χ3n) is 1.47. The van der Waals surface area contributed by atoms with Crippen molar-refractivity contribution in [1.82, 2.24) is 0 Å². The van der Waals surface area contributed by atoms with Crippen molar-refractivity contribution in [2.24, 2.45) is 0 Å². The molecule has 0 aliphatic rings. The lowest BCUT2D eigenvalue weighted by Crippen LogP contribution is -1.98.